The number of fused-ring (bicyclic) bond motifs is 1. The number of benzene rings is 2. The maximum Gasteiger partial charge on any atom is 0.346 e. The summed E-state index contributed by atoms with van der Waals surface area (Å²) >= 11 is 0. The topological polar surface area (TPSA) is 114 Å². The van der Waals surface area contributed by atoms with E-state index in [2.05, 4.69) is 5.32 Å². The number of ether oxygens (including phenoxy) is 1. The van der Waals surface area contributed by atoms with Gasteiger partial charge in [0.2, 0.25) is 5.75 Å². The molecule has 2 aromatic rings. The molecule has 1 aliphatic carbocycles. The number of aryl methyl sites for hydroxylation is 1. The van der Waals surface area contributed by atoms with E-state index in [-0.39, 0.29) is 17.3 Å². The van der Waals surface area contributed by atoms with Crippen molar-refractivity contribution < 1.29 is 23.5 Å². The van der Waals surface area contributed by atoms with Crippen molar-refractivity contribution in [2.75, 3.05) is 33.2 Å². The number of carbonyl (C=O) groups is 1. The van der Waals surface area contributed by atoms with Gasteiger partial charge in [0, 0.05) is 44.9 Å². The van der Waals surface area contributed by atoms with Crippen molar-refractivity contribution in [2.24, 2.45) is 0 Å². The van der Waals surface area contributed by atoms with Crippen LogP contribution in [0.5, 0.6) is 11.5 Å². The van der Waals surface area contributed by atoms with Gasteiger partial charge in [-0.3, -0.25) is 24.0 Å². The highest BCUT2D eigenvalue weighted by Gasteiger charge is 2.51. The molecule has 168 valence electrons. The second kappa shape index (κ2) is 7.97. The Hall–Kier alpha value is -2.78. The lowest BCUT2D eigenvalue weighted by Crippen LogP contribution is -2.17. The van der Waals surface area contributed by atoms with E-state index in [0.717, 1.165) is 37.3 Å². The molecule has 5 rings (SSSR count). The van der Waals surface area contributed by atoms with Crippen molar-refractivity contribution in [1.82, 2.24) is 14.7 Å². The molecule has 2 heterocycles. The van der Waals surface area contributed by atoms with E-state index in [9.17, 15) is 19.5 Å². The highest BCUT2D eigenvalue weighted by Crippen LogP contribution is 2.64. The van der Waals surface area contributed by atoms with Crippen molar-refractivity contribution in [2.45, 2.75) is 18.9 Å². The average Bonchev–Trinajstić information content (AvgIpc) is 3.70. The van der Waals surface area contributed by atoms with Gasteiger partial charge in [0.25, 0.3) is 5.91 Å². The van der Waals surface area contributed by atoms with Crippen LogP contribution in [0.4, 0.5) is 5.69 Å². The molecule has 0 bridgehead atoms. The molecule has 2 aliphatic heterocycles. The first-order chi connectivity index (χ1) is 15.4. The minimum atomic E-state index is -3.02. The molecule has 0 aromatic heterocycles. The molecular formula is C21H23N4O6P. The van der Waals surface area contributed by atoms with Crippen LogP contribution in [0.25, 0.3) is 0 Å². The van der Waals surface area contributed by atoms with E-state index in [1.54, 1.807) is 37.4 Å². The van der Waals surface area contributed by atoms with Gasteiger partial charge in [-0.1, -0.05) is 0 Å². The van der Waals surface area contributed by atoms with Gasteiger partial charge in [-0.05, 0) is 54.3 Å². The molecule has 10 nitrogen and oxygen atoms in total. The maximum absolute atomic E-state index is 13.4. The first-order valence-electron chi connectivity index (χ1n) is 10.5. The average molecular weight is 458 g/mol. The summed E-state index contributed by atoms with van der Waals surface area (Å²) in [5.41, 5.74) is 1.90. The van der Waals surface area contributed by atoms with Gasteiger partial charge in [0.05, 0.1) is 11.0 Å². The van der Waals surface area contributed by atoms with Crippen LogP contribution in [0.1, 0.15) is 34.0 Å². The summed E-state index contributed by atoms with van der Waals surface area (Å²) in [5, 5.41) is 14.2. The molecule has 2 aromatic carbocycles. The number of nitrogens with one attached hydrogen (secondary N) is 1. The number of nitrogens with zero attached hydrogens (tertiary/aromatic N) is 3. The predicted octanol–water partition coefficient (Wildman–Crippen LogP) is 3.49. The quantitative estimate of drug-likeness (QED) is 0.277. The normalized spacial score (nSPS) is 20.0. The van der Waals surface area contributed by atoms with E-state index in [1.807, 2.05) is 9.34 Å². The maximum atomic E-state index is 13.4. The third kappa shape index (κ3) is 3.91. The number of nitro benzene ring substituents is 1. The summed E-state index contributed by atoms with van der Waals surface area (Å²) < 4.78 is 29.2. The minimum Gasteiger partial charge on any atom is -0.450 e. The van der Waals surface area contributed by atoms with E-state index in [4.69, 9.17) is 9.26 Å². The van der Waals surface area contributed by atoms with Gasteiger partial charge < -0.3 is 10.1 Å². The van der Waals surface area contributed by atoms with Gasteiger partial charge in [-0.15, -0.1) is 0 Å². The number of hydrogen-bond acceptors (Lipinski definition) is 6. The molecule has 1 N–H and O–H groups in total. The van der Waals surface area contributed by atoms with Crippen LogP contribution >= 0.6 is 7.67 Å². The zero-order valence-corrected chi connectivity index (χ0v) is 18.4. The molecule has 3 aliphatic rings. The number of nitro groups is 1. The van der Waals surface area contributed by atoms with Crippen LogP contribution in [-0.2, 0) is 15.5 Å². The standard InChI is InChI=1S/C21H23N4O6P/c1-22-21(26)14-2-5-16(6-3-14)30-20-13-17-15(12-18(20)25(27)28)4-7-19(17)31-32(29,23-8-9-23)24-10-11-24/h2-3,5-6,12-13,19H,4,7-11H2,1H3,(H,22,26)/t19-/m0/s1. The van der Waals surface area contributed by atoms with Crippen molar-refractivity contribution in [3.05, 3.63) is 63.2 Å². The van der Waals surface area contributed by atoms with Crippen molar-refractivity contribution in [3.63, 3.8) is 0 Å². The van der Waals surface area contributed by atoms with Gasteiger partial charge in [0.15, 0.2) is 0 Å². The van der Waals surface area contributed by atoms with Crippen LogP contribution in [0, 0.1) is 10.1 Å². The fourth-order valence-corrected chi connectivity index (χ4v) is 6.30. The fraction of sp³-hybridized carbons (Fsp3) is 0.381. The molecule has 2 fully saturated rings. The number of carbonyl (C=O) groups excluding carboxylic acids is 1. The summed E-state index contributed by atoms with van der Waals surface area (Å²) in [6.45, 7) is 3.03. The van der Waals surface area contributed by atoms with Gasteiger partial charge in [0.1, 0.15) is 5.75 Å². The minimum absolute atomic E-state index is 0.0882. The monoisotopic (exact) mass is 458 g/mol. The summed E-state index contributed by atoms with van der Waals surface area (Å²) in [6, 6.07) is 9.50. The van der Waals surface area contributed by atoms with Crippen molar-refractivity contribution in [3.8, 4) is 11.5 Å². The molecular weight excluding hydrogens is 435 g/mol. The van der Waals surface area contributed by atoms with Gasteiger partial charge >= 0.3 is 13.4 Å². The lowest BCUT2D eigenvalue weighted by Gasteiger charge is -2.24. The summed E-state index contributed by atoms with van der Waals surface area (Å²) in [5.74, 6) is 0.225. The lowest BCUT2D eigenvalue weighted by molar-refractivity contribution is -0.385. The number of hydrogen-bond donors (Lipinski definition) is 1. The molecule has 0 unspecified atom stereocenters. The van der Waals surface area contributed by atoms with Crippen molar-refractivity contribution in [1.29, 1.82) is 0 Å². The van der Waals surface area contributed by atoms with Crippen molar-refractivity contribution >= 4 is 19.3 Å². The molecule has 0 spiro atoms. The van der Waals surface area contributed by atoms with Gasteiger partial charge in [-0.25, -0.2) is 9.34 Å². The summed E-state index contributed by atoms with van der Waals surface area (Å²) in [6.07, 6.45) is 0.820. The van der Waals surface area contributed by atoms with Crippen LogP contribution < -0.4 is 10.1 Å². The third-order valence-electron chi connectivity index (χ3n) is 5.84. The van der Waals surface area contributed by atoms with Crippen LogP contribution in [0.3, 0.4) is 0 Å². The Labute approximate surface area is 184 Å². The number of amides is 1. The van der Waals surface area contributed by atoms with E-state index in [1.165, 1.54) is 6.07 Å². The Morgan fingerprint density at radius 3 is 2.38 bits per heavy atom. The molecule has 1 amide bonds. The Morgan fingerprint density at radius 1 is 1.16 bits per heavy atom. The molecule has 11 heteroatoms. The van der Waals surface area contributed by atoms with Gasteiger partial charge in [-0.2, -0.15) is 0 Å². The van der Waals surface area contributed by atoms with Crippen LogP contribution in [0.15, 0.2) is 36.4 Å². The highest BCUT2D eigenvalue weighted by atomic mass is 31.2. The van der Waals surface area contributed by atoms with E-state index < -0.39 is 18.7 Å². The zero-order chi connectivity index (χ0) is 22.5. The third-order valence-corrected chi connectivity index (χ3v) is 8.60. The summed E-state index contributed by atoms with van der Waals surface area (Å²) in [4.78, 5) is 22.9. The molecule has 1 atom stereocenters. The molecule has 2 saturated heterocycles. The lowest BCUT2D eigenvalue weighted by atomic mass is 10.1. The summed E-state index contributed by atoms with van der Waals surface area (Å²) in [7, 11) is -1.48. The fourth-order valence-electron chi connectivity index (χ4n) is 3.94. The Kier molecular flexibility index (Phi) is 5.25. The first kappa shape index (κ1) is 21.1. The Balaban J connectivity index is 1.43. The first-order valence-corrected chi connectivity index (χ1v) is 12.0. The number of rotatable bonds is 8. The van der Waals surface area contributed by atoms with Crippen LogP contribution in [-0.4, -0.2) is 53.4 Å². The largest absolute Gasteiger partial charge is 0.450 e. The predicted molar refractivity (Wildman–Crippen MR) is 116 cm³/mol. The smallest absolute Gasteiger partial charge is 0.346 e. The SMILES string of the molecule is CNC(=O)c1ccc(Oc2cc3c(cc2[N+](=O)[O-])CC[C@@H]3OP(=O)(N2CC2)N2CC2)cc1. The van der Waals surface area contributed by atoms with E-state index >= 15 is 0 Å². The molecule has 32 heavy (non-hydrogen) atoms. The van der Waals surface area contributed by atoms with E-state index in [0.29, 0.717) is 24.2 Å². The second-order valence-electron chi connectivity index (χ2n) is 8.01. The molecule has 0 saturated carbocycles. The highest BCUT2D eigenvalue weighted by molar-refractivity contribution is 7.54. The zero-order valence-electron chi connectivity index (χ0n) is 17.5. The Bertz CT molecular complexity index is 1110. The Morgan fingerprint density at radius 2 is 1.81 bits per heavy atom. The molecule has 0 radical (unpaired) electrons. The van der Waals surface area contributed by atoms with Crippen LogP contribution in [0.2, 0.25) is 0 Å². The second-order valence-corrected chi connectivity index (χ2v) is 10.3.